The second-order valence-electron chi connectivity index (χ2n) is 7.65. The van der Waals surface area contributed by atoms with Crippen LogP contribution in [-0.2, 0) is 42.2 Å². The summed E-state index contributed by atoms with van der Waals surface area (Å²) in [5, 5.41) is 7.35. The predicted molar refractivity (Wildman–Crippen MR) is 130 cm³/mol. The van der Waals surface area contributed by atoms with E-state index in [1.54, 1.807) is 13.8 Å². The van der Waals surface area contributed by atoms with Gasteiger partial charge in [0.1, 0.15) is 14.2 Å². The minimum absolute atomic E-state index is 0.102. The van der Waals surface area contributed by atoms with Crippen LogP contribution in [0.25, 0.3) is 0 Å². The first-order chi connectivity index (χ1) is 15.8. The van der Waals surface area contributed by atoms with Crippen molar-refractivity contribution in [2.24, 2.45) is 10.3 Å². The fourth-order valence-corrected chi connectivity index (χ4v) is 5.71. The summed E-state index contributed by atoms with van der Waals surface area (Å²) >= 11 is 0. The average molecular weight is 509 g/mol. The lowest BCUT2D eigenvalue weighted by molar-refractivity contribution is 0.103. The maximum absolute atomic E-state index is 13.6. The number of sulfone groups is 2. The second kappa shape index (κ2) is 10.9. The van der Waals surface area contributed by atoms with Crippen LogP contribution in [0.1, 0.15) is 38.2 Å². The van der Waals surface area contributed by atoms with Crippen molar-refractivity contribution >= 4 is 37.9 Å². The Morgan fingerprint density at radius 2 is 1.12 bits per heavy atom. The normalized spacial score (nSPS) is 12.4. The van der Waals surface area contributed by atoms with Crippen molar-refractivity contribution < 1.29 is 31.3 Å². The van der Waals surface area contributed by atoms with Crippen LogP contribution in [0.2, 0.25) is 0 Å². The third-order valence-electron chi connectivity index (χ3n) is 5.35. The number of hydrogen-bond donors (Lipinski definition) is 0. The summed E-state index contributed by atoms with van der Waals surface area (Å²) in [4.78, 5) is 23.1. The van der Waals surface area contributed by atoms with E-state index in [2.05, 4.69) is 20.0 Å². The summed E-state index contributed by atoms with van der Waals surface area (Å²) in [6.07, 6.45) is 5.33. The van der Waals surface area contributed by atoms with Crippen LogP contribution in [0, 0.1) is 13.8 Å². The molecule has 0 aliphatic carbocycles. The van der Waals surface area contributed by atoms with Gasteiger partial charge in [0.05, 0.1) is 9.79 Å². The van der Waals surface area contributed by atoms with Crippen LogP contribution >= 0.6 is 0 Å². The van der Waals surface area contributed by atoms with Crippen LogP contribution in [0.5, 0.6) is 0 Å². The fourth-order valence-electron chi connectivity index (χ4n) is 3.71. The molecule has 0 aliphatic rings. The van der Waals surface area contributed by atoms with E-state index in [-0.39, 0.29) is 28.4 Å². The van der Waals surface area contributed by atoms with Crippen LogP contribution < -0.4 is 0 Å². The van der Waals surface area contributed by atoms with E-state index >= 15 is 0 Å². The molecule has 0 saturated carbocycles. The number of oxime groups is 2. The zero-order chi connectivity index (χ0) is 25.7. The average Bonchev–Trinajstić information content (AvgIpc) is 2.74. The summed E-state index contributed by atoms with van der Waals surface area (Å²) in [6.45, 7) is 3.34. The van der Waals surface area contributed by atoms with Crippen molar-refractivity contribution in [3.05, 3.63) is 57.6 Å². The van der Waals surface area contributed by atoms with Gasteiger partial charge in [-0.15, -0.1) is 0 Å². The Balaban J connectivity index is 2.71. The van der Waals surface area contributed by atoms with Crippen LogP contribution in [-0.4, -0.2) is 61.8 Å². The maximum atomic E-state index is 13.6. The molecule has 0 saturated heterocycles. The number of carbonyl (C=O) groups excluding carboxylic acids is 1. The molecule has 0 amide bonds. The van der Waals surface area contributed by atoms with Crippen molar-refractivity contribution in [2.45, 2.75) is 36.5 Å². The molecule has 0 bridgehead atoms. The quantitative estimate of drug-likeness (QED) is 0.274. The molecule has 11 heteroatoms. The smallest absolute Gasteiger partial charge is 0.193 e. The minimum atomic E-state index is -3.56. The first-order valence-electron chi connectivity index (χ1n) is 10.1. The van der Waals surface area contributed by atoms with Gasteiger partial charge in [0, 0.05) is 48.9 Å². The van der Waals surface area contributed by atoms with Gasteiger partial charge in [-0.1, -0.05) is 10.3 Å². The van der Waals surface area contributed by atoms with Crippen molar-refractivity contribution in [1.82, 2.24) is 0 Å². The van der Waals surface area contributed by atoms with E-state index in [0.29, 0.717) is 33.4 Å². The molecule has 34 heavy (non-hydrogen) atoms. The lowest BCUT2D eigenvalue weighted by atomic mass is 9.90. The van der Waals surface area contributed by atoms with Gasteiger partial charge in [0.15, 0.2) is 25.5 Å². The number of carbonyl (C=O) groups is 1. The molecule has 9 nitrogen and oxygen atoms in total. The number of benzene rings is 2. The van der Waals surface area contributed by atoms with Crippen LogP contribution in [0.4, 0.5) is 0 Å². The Hall–Kier alpha value is -3.05. The lowest BCUT2D eigenvalue weighted by Crippen LogP contribution is -2.14. The van der Waals surface area contributed by atoms with E-state index in [4.69, 9.17) is 0 Å². The lowest BCUT2D eigenvalue weighted by Gasteiger charge is -2.17. The van der Waals surface area contributed by atoms with Gasteiger partial charge in [-0.05, 0) is 60.4 Å². The van der Waals surface area contributed by atoms with Gasteiger partial charge in [0.2, 0.25) is 0 Å². The molecule has 0 atom stereocenters. The minimum Gasteiger partial charge on any atom is -0.399 e. The molecule has 0 radical (unpaired) electrons. The van der Waals surface area contributed by atoms with Crippen molar-refractivity contribution in [2.75, 3.05) is 26.7 Å². The third-order valence-corrected chi connectivity index (χ3v) is 7.71. The van der Waals surface area contributed by atoms with Gasteiger partial charge in [-0.3, -0.25) is 4.79 Å². The first-order valence-corrected chi connectivity index (χ1v) is 13.9. The molecule has 0 fully saturated rings. The molecule has 0 aromatic heterocycles. The zero-order valence-corrected chi connectivity index (χ0v) is 21.6. The molecular weight excluding hydrogens is 480 g/mol. The standard InChI is InChI=1S/C23H28N2O7S2/c1-15-17(11-13-24-31-3)21(33(5,27)28)9-7-19(15)23(26)20-8-10-22(34(6,29)30)18(16(20)2)12-14-25-32-4/h7-10,13-14H,11-12H2,1-6H3. The largest absolute Gasteiger partial charge is 0.399 e. The molecule has 2 aromatic carbocycles. The summed E-state index contributed by atoms with van der Waals surface area (Å²) in [5.74, 6) is -0.357. The Kier molecular flexibility index (Phi) is 8.73. The first kappa shape index (κ1) is 27.2. The van der Waals surface area contributed by atoms with Gasteiger partial charge in [-0.2, -0.15) is 0 Å². The summed E-state index contributed by atoms with van der Waals surface area (Å²) in [6, 6.07) is 5.75. The monoisotopic (exact) mass is 508 g/mol. The predicted octanol–water partition coefficient (Wildman–Crippen LogP) is 2.69. The number of ketones is 1. The Morgan fingerprint density at radius 3 is 1.41 bits per heavy atom. The summed E-state index contributed by atoms with van der Waals surface area (Å²) < 4.78 is 49.2. The summed E-state index contributed by atoms with van der Waals surface area (Å²) in [5.41, 5.74) is 2.47. The highest BCUT2D eigenvalue weighted by Crippen LogP contribution is 2.29. The van der Waals surface area contributed by atoms with E-state index in [1.165, 1.54) is 50.9 Å². The number of rotatable bonds is 10. The van der Waals surface area contributed by atoms with Crippen LogP contribution in [0.3, 0.4) is 0 Å². The third kappa shape index (κ3) is 6.09. The van der Waals surface area contributed by atoms with E-state index in [9.17, 15) is 21.6 Å². The Morgan fingerprint density at radius 1 is 0.765 bits per heavy atom. The van der Waals surface area contributed by atoms with Crippen LogP contribution in [0.15, 0.2) is 44.4 Å². The highest BCUT2D eigenvalue weighted by Gasteiger charge is 2.24. The van der Waals surface area contributed by atoms with E-state index < -0.39 is 19.7 Å². The highest BCUT2D eigenvalue weighted by molar-refractivity contribution is 7.91. The SMILES string of the molecule is CON=CCc1c(S(C)(=O)=O)ccc(C(=O)c2ccc(S(C)(=O)=O)c(CC=NOC)c2C)c1C. The van der Waals surface area contributed by atoms with Crippen molar-refractivity contribution in [1.29, 1.82) is 0 Å². The molecule has 0 spiro atoms. The highest BCUT2D eigenvalue weighted by atomic mass is 32.2. The van der Waals surface area contributed by atoms with Gasteiger partial charge < -0.3 is 9.68 Å². The van der Waals surface area contributed by atoms with Crippen molar-refractivity contribution in [3.8, 4) is 0 Å². The molecular formula is C23H28N2O7S2. The Bertz CT molecular complexity index is 1260. The van der Waals surface area contributed by atoms with Gasteiger partial charge in [0.25, 0.3) is 0 Å². The van der Waals surface area contributed by atoms with E-state index in [0.717, 1.165) is 12.5 Å². The molecule has 0 aliphatic heterocycles. The van der Waals surface area contributed by atoms with Crippen molar-refractivity contribution in [3.63, 3.8) is 0 Å². The molecule has 0 heterocycles. The summed E-state index contributed by atoms with van der Waals surface area (Å²) in [7, 11) is -4.37. The molecule has 2 rings (SSSR count). The molecule has 0 unspecified atom stereocenters. The fraction of sp³-hybridized carbons (Fsp3) is 0.348. The van der Waals surface area contributed by atoms with Gasteiger partial charge >= 0.3 is 0 Å². The van der Waals surface area contributed by atoms with E-state index in [1.807, 2.05) is 0 Å². The Labute approximate surface area is 200 Å². The number of hydrogen-bond acceptors (Lipinski definition) is 9. The number of nitrogens with zero attached hydrogens (tertiary/aromatic N) is 2. The molecule has 184 valence electrons. The second-order valence-corrected chi connectivity index (χ2v) is 11.6. The molecule has 0 N–H and O–H groups in total. The topological polar surface area (TPSA) is 129 Å². The molecule has 2 aromatic rings. The van der Waals surface area contributed by atoms with Gasteiger partial charge in [-0.25, -0.2) is 16.8 Å². The zero-order valence-electron chi connectivity index (χ0n) is 19.9. The maximum Gasteiger partial charge on any atom is 0.193 e.